The molecule has 1 N–H and O–H groups in total. The second-order valence-electron chi connectivity index (χ2n) is 5.20. The van der Waals surface area contributed by atoms with Crippen LogP contribution in [0.1, 0.15) is 37.0 Å². The summed E-state index contributed by atoms with van der Waals surface area (Å²) in [5.41, 5.74) is 0. The molecule has 5 nitrogen and oxygen atoms in total. The maximum absolute atomic E-state index is 5.48. The lowest BCUT2D eigenvalue weighted by molar-refractivity contribution is 0.255. The second-order valence-corrected chi connectivity index (χ2v) is 6.35. The molecule has 2 saturated heterocycles. The first-order chi connectivity index (χ1) is 8.75. The minimum atomic E-state index is 0.311. The molecule has 0 bridgehead atoms. The summed E-state index contributed by atoms with van der Waals surface area (Å²) in [5.74, 6) is 4.31. The minimum Gasteiger partial charge on any atom is -0.339 e. The first-order valence-electron chi connectivity index (χ1n) is 6.60. The maximum atomic E-state index is 5.48. The lowest BCUT2D eigenvalue weighted by Crippen LogP contribution is -2.33. The van der Waals surface area contributed by atoms with Crippen molar-refractivity contribution in [3.63, 3.8) is 0 Å². The minimum absolute atomic E-state index is 0.311. The molecule has 2 aliphatic rings. The molecule has 3 atom stereocenters. The smallest absolute Gasteiger partial charge is 0.231 e. The molecule has 2 aliphatic heterocycles. The topological polar surface area (TPSA) is 54.2 Å². The first-order valence-corrected chi connectivity index (χ1v) is 7.76. The van der Waals surface area contributed by atoms with Crippen LogP contribution in [0.4, 0.5) is 0 Å². The van der Waals surface area contributed by atoms with Gasteiger partial charge in [-0.1, -0.05) is 5.16 Å². The van der Waals surface area contributed by atoms with E-state index in [0.29, 0.717) is 18.0 Å². The number of nitrogens with zero attached hydrogens (tertiary/aromatic N) is 3. The van der Waals surface area contributed by atoms with Crippen molar-refractivity contribution in [2.45, 2.75) is 31.3 Å². The lowest BCUT2D eigenvalue weighted by atomic mass is 10.0. The zero-order valence-corrected chi connectivity index (χ0v) is 11.7. The average Bonchev–Trinajstić information content (AvgIpc) is 2.98. The summed E-state index contributed by atoms with van der Waals surface area (Å²) in [6, 6.07) is 0.752. The molecule has 0 aliphatic carbocycles. The van der Waals surface area contributed by atoms with E-state index in [1.807, 2.05) is 11.8 Å². The Labute approximate surface area is 112 Å². The van der Waals surface area contributed by atoms with E-state index in [9.17, 15) is 0 Å². The van der Waals surface area contributed by atoms with Crippen molar-refractivity contribution >= 4 is 11.8 Å². The van der Waals surface area contributed by atoms with Crippen LogP contribution >= 0.6 is 11.8 Å². The predicted molar refractivity (Wildman–Crippen MR) is 71.8 cm³/mol. The van der Waals surface area contributed by atoms with Crippen LogP contribution in [0.5, 0.6) is 0 Å². The van der Waals surface area contributed by atoms with Gasteiger partial charge in [0.2, 0.25) is 5.89 Å². The largest absolute Gasteiger partial charge is 0.339 e. The highest BCUT2D eigenvalue weighted by Crippen LogP contribution is 2.30. The van der Waals surface area contributed by atoms with Gasteiger partial charge in [0.15, 0.2) is 5.82 Å². The Kier molecular flexibility index (Phi) is 3.59. The van der Waals surface area contributed by atoms with Gasteiger partial charge in [-0.05, 0) is 26.9 Å². The van der Waals surface area contributed by atoms with Crippen LogP contribution in [0.15, 0.2) is 4.52 Å². The summed E-state index contributed by atoms with van der Waals surface area (Å²) in [7, 11) is 2.14. The zero-order chi connectivity index (χ0) is 12.5. The fourth-order valence-electron chi connectivity index (χ4n) is 2.69. The van der Waals surface area contributed by atoms with Crippen LogP contribution in [-0.4, -0.2) is 52.7 Å². The molecule has 2 fully saturated rings. The Morgan fingerprint density at radius 2 is 2.39 bits per heavy atom. The summed E-state index contributed by atoms with van der Waals surface area (Å²) in [6.45, 7) is 4.33. The summed E-state index contributed by atoms with van der Waals surface area (Å²) in [6.07, 6.45) is 1.10. The summed E-state index contributed by atoms with van der Waals surface area (Å²) < 4.78 is 5.48. The molecular formula is C12H20N4OS. The molecule has 0 radical (unpaired) electrons. The van der Waals surface area contributed by atoms with Gasteiger partial charge < -0.3 is 9.84 Å². The highest BCUT2D eigenvalue weighted by Gasteiger charge is 2.32. The fraction of sp³-hybridized carbons (Fsp3) is 0.833. The van der Waals surface area contributed by atoms with Crippen LogP contribution in [-0.2, 0) is 0 Å². The van der Waals surface area contributed by atoms with Crippen molar-refractivity contribution in [2.24, 2.45) is 0 Å². The first kappa shape index (κ1) is 12.4. The van der Waals surface area contributed by atoms with Crippen LogP contribution in [0.2, 0.25) is 0 Å². The highest BCUT2D eigenvalue weighted by molar-refractivity contribution is 7.99. The molecule has 0 amide bonds. The molecule has 3 rings (SSSR count). The van der Waals surface area contributed by atoms with E-state index >= 15 is 0 Å². The molecule has 1 aromatic rings. The van der Waals surface area contributed by atoms with Gasteiger partial charge in [-0.15, -0.1) is 0 Å². The van der Waals surface area contributed by atoms with E-state index in [0.717, 1.165) is 37.0 Å². The normalized spacial score (nSPS) is 34.0. The number of thioether (sulfide) groups is 1. The van der Waals surface area contributed by atoms with Gasteiger partial charge in [0.25, 0.3) is 0 Å². The predicted octanol–water partition coefficient (Wildman–Crippen LogP) is 1.25. The van der Waals surface area contributed by atoms with E-state index in [2.05, 4.69) is 34.3 Å². The monoisotopic (exact) mass is 268 g/mol. The standard InChI is InChI=1S/C12H20N4OS/c1-8-9(3-4-13-8)12-14-11(15-17-12)10-7-18-6-5-16(10)2/h8-10,13H,3-7H2,1-2H3. The van der Waals surface area contributed by atoms with Crippen molar-refractivity contribution in [2.75, 3.05) is 31.6 Å². The number of nitrogens with one attached hydrogen (secondary N) is 1. The van der Waals surface area contributed by atoms with Crippen molar-refractivity contribution in [1.82, 2.24) is 20.4 Å². The molecule has 18 heavy (non-hydrogen) atoms. The van der Waals surface area contributed by atoms with Gasteiger partial charge in [0, 0.05) is 24.1 Å². The van der Waals surface area contributed by atoms with E-state index in [-0.39, 0.29) is 0 Å². The zero-order valence-electron chi connectivity index (χ0n) is 10.9. The van der Waals surface area contributed by atoms with Crippen molar-refractivity contribution in [1.29, 1.82) is 0 Å². The average molecular weight is 268 g/mol. The van der Waals surface area contributed by atoms with Gasteiger partial charge >= 0.3 is 0 Å². The van der Waals surface area contributed by atoms with Crippen LogP contribution in [0.3, 0.4) is 0 Å². The van der Waals surface area contributed by atoms with E-state index < -0.39 is 0 Å². The Morgan fingerprint density at radius 3 is 3.11 bits per heavy atom. The van der Waals surface area contributed by atoms with Crippen molar-refractivity contribution < 1.29 is 4.52 Å². The van der Waals surface area contributed by atoms with E-state index in [1.165, 1.54) is 5.75 Å². The molecule has 3 heterocycles. The molecule has 6 heteroatoms. The van der Waals surface area contributed by atoms with E-state index in [1.54, 1.807) is 0 Å². The Balaban J connectivity index is 1.76. The summed E-state index contributed by atoms with van der Waals surface area (Å²) in [5, 5.41) is 7.62. The van der Waals surface area contributed by atoms with Crippen LogP contribution < -0.4 is 5.32 Å². The van der Waals surface area contributed by atoms with Gasteiger partial charge in [-0.2, -0.15) is 16.7 Å². The number of rotatable bonds is 2. The fourth-order valence-corrected chi connectivity index (χ4v) is 3.90. The molecular weight excluding hydrogens is 248 g/mol. The third-order valence-corrected chi connectivity index (χ3v) is 5.02. The van der Waals surface area contributed by atoms with Gasteiger partial charge in [-0.25, -0.2) is 0 Å². The van der Waals surface area contributed by atoms with Crippen molar-refractivity contribution in [3.05, 3.63) is 11.7 Å². The molecule has 0 aromatic carbocycles. The van der Waals surface area contributed by atoms with Crippen molar-refractivity contribution in [3.8, 4) is 0 Å². The highest BCUT2D eigenvalue weighted by atomic mass is 32.2. The Hall–Kier alpha value is -0.590. The summed E-state index contributed by atoms with van der Waals surface area (Å²) in [4.78, 5) is 6.96. The second kappa shape index (κ2) is 5.19. The number of hydrogen-bond donors (Lipinski definition) is 1. The van der Waals surface area contributed by atoms with Gasteiger partial charge in [-0.3, -0.25) is 4.90 Å². The molecule has 100 valence electrons. The molecule has 0 saturated carbocycles. The van der Waals surface area contributed by atoms with Gasteiger partial charge in [0.1, 0.15) is 0 Å². The summed E-state index contributed by atoms with van der Waals surface area (Å²) >= 11 is 1.97. The molecule has 1 aromatic heterocycles. The number of hydrogen-bond acceptors (Lipinski definition) is 6. The Morgan fingerprint density at radius 1 is 1.50 bits per heavy atom. The van der Waals surface area contributed by atoms with E-state index in [4.69, 9.17) is 4.52 Å². The number of aromatic nitrogens is 2. The quantitative estimate of drug-likeness (QED) is 0.871. The third-order valence-electron chi connectivity index (χ3n) is 3.99. The van der Waals surface area contributed by atoms with Crippen LogP contribution in [0, 0.1) is 0 Å². The molecule has 0 spiro atoms. The van der Waals surface area contributed by atoms with Gasteiger partial charge in [0.05, 0.1) is 12.0 Å². The third kappa shape index (κ3) is 2.29. The SMILES string of the molecule is CC1NCCC1c1nc(C2CSCCN2C)no1. The maximum Gasteiger partial charge on any atom is 0.231 e. The lowest BCUT2D eigenvalue weighted by Gasteiger charge is -2.29. The Bertz CT molecular complexity index is 411. The molecule has 3 unspecified atom stereocenters. The van der Waals surface area contributed by atoms with Crippen LogP contribution in [0.25, 0.3) is 0 Å².